The lowest BCUT2D eigenvalue weighted by Crippen LogP contribution is -2.33. The molecule has 27 heavy (non-hydrogen) atoms. The molecule has 0 saturated carbocycles. The summed E-state index contributed by atoms with van der Waals surface area (Å²) in [5, 5.41) is 3.93. The molecular weight excluding hydrogens is 381 g/mol. The highest BCUT2D eigenvalue weighted by Gasteiger charge is 2.24. The van der Waals surface area contributed by atoms with Gasteiger partial charge in [0.25, 0.3) is 0 Å². The quantitative estimate of drug-likeness (QED) is 0.572. The number of aromatic nitrogens is 2. The molecule has 4 nitrogen and oxygen atoms in total. The molecule has 6 heteroatoms. The molecule has 3 rings (SSSR count). The van der Waals surface area contributed by atoms with Gasteiger partial charge in [-0.25, -0.2) is 4.98 Å². The van der Waals surface area contributed by atoms with Crippen LogP contribution in [-0.2, 0) is 11.2 Å². The zero-order valence-electron chi connectivity index (χ0n) is 15.5. The zero-order chi connectivity index (χ0) is 19.4. The van der Waals surface area contributed by atoms with Crippen LogP contribution in [0.5, 0.6) is 0 Å². The minimum atomic E-state index is -0.350. The van der Waals surface area contributed by atoms with Gasteiger partial charge in [0.2, 0.25) is 5.91 Å². The van der Waals surface area contributed by atoms with Gasteiger partial charge in [-0.1, -0.05) is 67.4 Å². The first-order valence-corrected chi connectivity index (χ1v) is 9.98. The van der Waals surface area contributed by atoms with Crippen LogP contribution >= 0.6 is 23.2 Å². The largest absolute Gasteiger partial charge is 0.354 e. The van der Waals surface area contributed by atoms with E-state index in [2.05, 4.69) is 17.4 Å². The van der Waals surface area contributed by atoms with E-state index in [0.717, 1.165) is 28.8 Å². The predicted octanol–water partition coefficient (Wildman–Crippen LogP) is 5.41. The molecule has 0 aliphatic heterocycles. The number of nitrogens with one attached hydrogen (secondary N) is 1. The van der Waals surface area contributed by atoms with Gasteiger partial charge in [0.05, 0.1) is 21.1 Å². The highest BCUT2D eigenvalue weighted by Crippen LogP contribution is 2.31. The van der Waals surface area contributed by atoms with E-state index >= 15 is 0 Å². The Morgan fingerprint density at radius 1 is 1.15 bits per heavy atom. The third-order valence-corrected chi connectivity index (χ3v) is 5.28. The fourth-order valence-electron chi connectivity index (χ4n) is 3.24. The van der Waals surface area contributed by atoms with Gasteiger partial charge in [-0.05, 0) is 30.5 Å². The number of imidazole rings is 1. The SMILES string of the molecule is CCCNC(=O)[C@H](CC)n1c(Cc2ccccc2)nc2cc(Cl)c(Cl)cc21. The summed E-state index contributed by atoms with van der Waals surface area (Å²) < 4.78 is 2.01. The number of hydrogen-bond donors (Lipinski definition) is 1. The molecule has 0 bridgehead atoms. The van der Waals surface area contributed by atoms with Crippen molar-refractivity contribution in [3.8, 4) is 0 Å². The molecule has 2 aromatic carbocycles. The van der Waals surface area contributed by atoms with Gasteiger partial charge in [0.15, 0.2) is 0 Å². The van der Waals surface area contributed by atoms with Gasteiger partial charge in [-0.3, -0.25) is 4.79 Å². The molecule has 0 radical (unpaired) electrons. The topological polar surface area (TPSA) is 46.9 Å². The number of amides is 1. The van der Waals surface area contributed by atoms with Crippen molar-refractivity contribution < 1.29 is 4.79 Å². The Morgan fingerprint density at radius 3 is 2.52 bits per heavy atom. The van der Waals surface area contributed by atoms with E-state index in [0.29, 0.717) is 29.4 Å². The summed E-state index contributed by atoms with van der Waals surface area (Å²) in [4.78, 5) is 17.6. The smallest absolute Gasteiger partial charge is 0.243 e. The lowest BCUT2D eigenvalue weighted by Gasteiger charge is -2.20. The van der Waals surface area contributed by atoms with E-state index < -0.39 is 0 Å². The van der Waals surface area contributed by atoms with Crippen LogP contribution in [-0.4, -0.2) is 22.0 Å². The summed E-state index contributed by atoms with van der Waals surface area (Å²) in [6, 6.07) is 13.3. The van der Waals surface area contributed by atoms with Gasteiger partial charge < -0.3 is 9.88 Å². The monoisotopic (exact) mass is 403 g/mol. The Hall–Kier alpha value is -2.04. The van der Waals surface area contributed by atoms with Crippen LogP contribution in [0.25, 0.3) is 11.0 Å². The van der Waals surface area contributed by atoms with Crippen molar-refractivity contribution in [3.05, 3.63) is 63.9 Å². The van der Waals surface area contributed by atoms with Crippen molar-refractivity contribution in [2.75, 3.05) is 6.54 Å². The molecule has 0 spiro atoms. The van der Waals surface area contributed by atoms with Crippen LogP contribution in [0, 0.1) is 0 Å². The van der Waals surface area contributed by atoms with Crippen LogP contribution in [0.3, 0.4) is 0 Å². The Kier molecular flexibility index (Phi) is 6.40. The average molecular weight is 404 g/mol. The first-order valence-electron chi connectivity index (χ1n) is 9.22. The maximum Gasteiger partial charge on any atom is 0.243 e. The number of hydrogen-bond acceptors (Lipinski definition) is 2. The Morgan fingerprint density at radius 2 is 1.85 bits per heavy atom. The Balaban J connectivity index is 2.12. The average Bonchev–Trinajstić information content (AvgIpc) is 2.99. The second-order valence-corrected chi connectivity index (χ2v) is 7.34. The van der Waals surface area contributed by atoms with Crippen LogP contribution in [0.4, 0.5) is 0 Å². The molecule has 1 N–H and O–H groups in total. The van der Waals surface area contributed by atoms with E-state index in [1.165, 1.54) is 0 Å². The maximum absolute atomic E-state index is 12.8. The molecule has 1 heterocycles. The number of nitrogens with zero attached hydrogens (tertiary/aromatic N) is 2. The van der Waals surface area contributed by atoms with Gasteiger partial charge >= 0.3 is 0 Å². The van der Waals surface area contributed by atoms with Crippen LogP contribution in [0.15, 0.2) is 42.5 Å². The van der Waals surface area contributed by atoms with Crippen molar-refractivity contribution >= 4 is 40.1 Å². The number of carbonyl (C=O) groups is 1. The van der Waals surface area contributed by atoms with Crippen molar-refractivity contribution in [2.24, 2.45) is 0 Å². The number of fused-ring (bicyclic) bond motifs is 1. The molecular formula is C21H23Cl2N3O. The molecule has 0 aliphatic carbocycles. The lowest BCUT2D eigenvalue weighted by atomic mass is 10.1. The first-order chi connectivity index (χ1) is 13.0. The van der Waals surface area contributed by atoms with E-state index in [1.807, 2.05) is 36.6 Å². The fourth-order valence-corrected chi connectivity index (χ4v) is 3.56. The molecule has 0 fully saturated rings. The van der Waals surface area contributed by atoms with Gasteiger partial charge in [-0.2, -0.15) is 0 Å². The highest BCUT2D eigenvalue weighted by atomic mass is 35.5. The third kappa shape index (κ3) is 4.28. The van der Waals surface area contributed by atoms with Crippen LogP contribution in [0.2, 0.25) is 10.0 Å². The molecule has 0 saturated heterocycles. The fraction of sp³-hybridized carbons (Fsp3) is 0.333. The summed E-state index contributed by atoms with van der Waals surface area (Å²) in [5.41, 5.74) is 2.71. The molecule has 1 atom stereocenters. The number of carbonyl (C=O) groups excluding carboxylic acids is 1. The van der Waals surface area contributed by atoms with Crippen molar-refractivity contribution in [2.45, 2.75) is 39.2 Å². The van der Waals surface area contributed by atoms with E-state index in [1.54, 1.807) is 12.1 Å². The highest BCUT2D eigenvalue weighted by molar-refractivity contribution is 6.42. The van der Waals surface area contributed by atoms with E-state index in [-0.39, 0.29) is 11.9 Å². The normalized spacial score (nSPS) is 12.3. The van der Waals surface area contributed by atoms with Gasteiger partial charge in [-0.15, -0.1) is 0 Å². The summed E-state index contributed by atoms with van der Waals surface area (Å²) in [6.07, 6.45) is 2.18. The molecule has 1 amide bonds. The van der Waals surface area contributed by atoms with Crippen LogP contribution < -0.4 is 5.32 Å². The van der Waals surface area contributed by atoms with Crippen molar-refractivity contribution in [1.82, 2.24) is 14.9 Å². The standard InChI is InChI=1S/C21H23Cl2N3O/c1-3-10-24-21(27)18(4-2)26-19-13-16(23)15(22)12-17(19)25-20(26)11-14-8-6-5-7-9-14/h5-9,12-13,18H,3-4,10-11H2,1-2H3,(H,24,27)/t18-/m0/s1. The third-order valence-electron chi connectivity index (χ3n) is 4.56. The zero-order valence-corrected chi connectivity index (χ0v) is 17.0. The Bertz CT molecular complexity index is 937. The van der Waals surface area contributed by atoms with E-state index in [9.17, 15) is 4.79 Å². The van der Waals surface area contributed by atoms with Crippen LogP contribution in [0.1, 0.15) is 44.1 Å². The summed E-state index contributed by atoms with van der Waals surface area (Å²) >= 11 is 12.5. The molecule has 0 unspecified atom stereocenters. The first kappa shape index (κ1) is 19.7. The minimum absolute atomic E-state index is 0.000894. The molecule has 0 aliphatic rings. The second-order valence-electron chi connectivity index (χ2n) is 6.53. The Labute approximate surface area is 169 Å². The lowest BCUT2D eigenvalue weighted by molar-refractivity contribution is -0.124. The maximum atomic E-state index is 12.8. The number of benzene rings is 2. The second kappa shape index (κ2) is 8.77. The van der Waals surface area contributed by atoms with Crippen molar-refractivity contribution in [1.29, 1.82) is 0 Å². The van der Waals surface area contributed by atoms with Gasteiger partial charge in [0, 0.05) is 13.0 Å². The van der Waals surface area contributed by atoms with E-state index in [4.69, 9.17) is 28.2 Å². The van der Waals surface area contributed by atoms with Crippen molar-refractivity contribution in [3.63, 3.8) is 0 Å². The number of halogens is 2. The number of rotatable bonds is 7. The van der Waals surface area contributed by atoms with Gasteiger partial charge in [0.1, 0.15) is 11.9 Å². The minimum Gasteiger partial charge on any atom is -0.354 e. The molecule has 1 aromatic heterocycles. The molecule has 142 valence electrons. The summed E-state index contributed by atoms with van der Waals surface area (Å²) in [6.45, 7) is 4.70. The predicted molar refractivity (Wildman–Crippen MR) is 112 cm³/mol. The molecule has 3 aromatic rings. The summed E-state index contributed by atoms with van der Waals surface area (Å²) in [7, 11) is 0. The summed E-state index contributed by atoms with van der Waals surface area (Å²) in [5.74, 6) is 0.826.